The van der Waals surface area contributed by atoms with Gasteiger partial charge in [-0.3, -0.25) is 0 Å². The van der Waals surface area contributed by atoms with Gasteiger partial charge in [0.05, 0.1) is 10.6 Å². The molecule has 0 atom stereocenters. The monoisotopic (exact) mass is 266 g/mol. The van der Waals surface area contributed by atoms with E-state index in [1.807, 2.05) is 0 Å². The highest BCUT2D eigenvalue weighted by molar-refractivity contribution is 6.33. The first-order chi connectivity index (χ1) is 8.65. The Bertz CT molecular complexity index is 472. The first-order valence-electron chi connectivity index (χ1n) is 5.76. The molecule has 0 spiro atoms. The summed E-state index contributed by atoms with van der Waals surface area (Å²) in [5.41, 5.74) is 0.0676. The molecule has 0 fully saturated rings. The molecule has 1 rings (SSSR count). The zero-order valence-corrected chi connectivity index (χ0v) is 11.0. The van der Waals surface area contributed by atoms with Gasteiger partial charge in [-0.05, 0) is 24.6 Å². The van der Waals surface area contributed by atoms with Crippen molar-refractivity contribution >= 4 is 17.6 Å². The van der Waals surface area contributed by atoms with Gasteiger partial charge in [-0.1, -0.05) is 36.8 Å². The van der Waals surface area contributed by atoms with Crippen molar-refractivity contribution in [2.75, 3.05) is 6.61 Å². The third-order valence-electron chi connectivity index (χ3n) is 2.26. The van der Waals surface area contributed by atoms with Crippen molar-refractivity contribution in [3.8, 4) is 17.6 Å². The van der Waals surface area contributed by atoms with Gasteiger partial charge in [0.25, 0.3) is 0 Å². The van der Waals surface area contributed by atoms with Crippen LogP contribution in [0.1, 0.15) is 36.5 Å². The number of carboxylic acid groups (broad SMARTS) is 1. The van der Waals surface area contributed by atoms with Crippen molar-refractivity contribution in [3.63, 3.8) is 0 Å². The molecule has 3 nitrogen and oxygen atoms in total. The Morgan fingerprint density at radius 3 is 2.83 bits per heavy atom. The fraction of sp³-hybridized carbons (Fsp3) is 0.357. The minimum Gasteiger partial charge on any atom is -0.481 e. The molecule has 0 amide bonds. The second-order valence-corrected chi connectivity index (χ2v) is 4.10. The van der Waals surface area contributed by atoms with E-state index in [0.717, 1.165) is 19.3 Å². The SMILES string of the molecule is CCCCC#CCOc1ccc(C(=O)O)c(Cl)c1. The lowest BCUT2D eigenvalue weighted by atomic mass is 10.2. The summed E-state index contributed by atoms with van der Waals surface area (Å²) in [7, 11) is 0. The van der Waals surface area contributed by atoms with Gasteiger partial charge in [0.15, 0.2) is 0 Å². The van der Waals surface area contributed by atoms with Crippen molar-refractivity contribution < 1.29 is 14.6 Å². The average Bonchev–Trinajstić information content (AvgIpc) is 2.33. The topological polar surface area (TPSA) is 46.5 Å². The maximum Gasteiger partial charge on any atom is 0.337 e. The molecule has 0 radical (unpaired) electrons. The standard InChI is InChI=1S/C14H15ClO3/c1-2-3-4-5-6-9-18-11-7-8-12(14(16)17)13(15)10-11/h7-8,10H,2-4,9H2,1H3,(H,16,17). The van der Waals surface area contributed by atoms with E-state index in [2.05, 4.69) is 18.8 Å². The molecule has 1 aromatic carbocycles. The summed E-state index contributed by atoms with van der Waals surface area (Å²) in [6.45, 7) is 2.40. The minimum atomic E-state index is -1.05. The molecule has 0 aromatic heterocycles. The fourth-order valence-electron chi connectivity index (χ4n) is 1.28. The third kappa shape index (κ3) is 4.68. The number of carboxylic acids is 1. The van der Waals surface area contributed by atoms with Gasteiger partial charge in [-0.25, -0.2) is 4.79 Å². The van der Waals surface area contributed by atoms with Crippen LogP contribution in [0.25, 0.3) is 0 Å². The lowest BCUT2D eigenvalue weighted by molar-refractivity contribution is 0.0697. The largest absolute Gasteiger partial charge is 0.481 e. The Hall–Kier alpha value is -1.66. The number of hydrogen-bond donors (Lipinski definition) is 1. The summed E-state index contributed by atoms with van der Waals surface area (Å²) in [5.74, 6) is 5.37. The molecule has 0 bridgehead atoms. The van der Waals surface area contributed by atoms with Crippen molar-refractivity contribution in [2.24, 2.45) is 0 Å². The van der Waals surface area contributed by atoms with Gasteiger partial charge in [-0.15, -0.1) is 0 Å². The molecular weight excluding hydrogens is 252 g/mol. The summed E-state index contributed by atoms with van der Waals surface area (Å²) in [6.07, 6.45) is 3.09. The minimum absolute atomic E-state index is 0.0676. The Labute approximate surface area is 112 Å². The number of benzene rings is 1. The Kier molecular flexibility index (Phi) is 6.10. The molecule has 0 aliphatic rings. The summed E-state index contributed by atoms with van der Waals surface area (Å²) in [4.78, 5) is 10.7. The third-order valence-corrected chi connectivity index (χ3v) is 2.58. The Morgan fingerprint density at radius 1 is 1.44 bits per heavy atom. The molecule has 1 aromatic rings. The first kappa shape index (κ1) is 14.4. The van der Waals surface area contributed by atoms with Gasteiger partial charge in [-0.2, -0.15) is 0 Å². The van der Waals surface area contributed by atoms with Crippen LogP contribution in [0.15, 0.2) is 18.2 Å². The lowest BCUT2D eigenvalue weighted by Crippen LogP contribution is -1.99. The molecule has 0 aliphatic carbocycles. The maximum absolute atomic E-state index is 10.7. The Balaban J connectivity index is 2.50. The number of hydrogen-bond acceptors (Lipinski definition) is 2. The number of halogens is 1. The maximum atomic E-state index is 10.7. The summed E-state index contributed by atoms with van der Waals surface area (Å²) in [6, 6.07) is 4.48. The second-order valence-electron chi connectivity index (χ2n) is 3.69. The van der Waals surface area contributed by atoms with E-state index in [4.69, 9.17) is 21.4 Å². The van der Waals surface area contributed by atoms with E-state index in [1.165, 1.54) is 12.1 Å². The normalized spacial score (nSPS) is 9.44. The van der Waals surface area contributed by atoms with E-state index in [1.54, 1.807) is 6.07 Å². The van der Waals surface area contributed by atoms with E-state index < -0.39 is 5.97 Å². The van der Waals surface area contributed by atoms with Crippen molar-refractivity contribution in [2.45, 2.75) is 26.2 Å². The van der Waals surface area contributed by atoms with Crippen LogP contribution in [0.3, 0.4) is 0 Å². The van der Waals surface area contributed by atoms with Crippen LogP contribution >= 0.6 is 11.6 Å². The molecule has 0 saturated heterocycles. The average molecular weight is 267 g/mol. The smallest absolute Gasteiger partial charge is 0.337 e. The summed E-state index contributed by atoms with van der Waals surface area (Å²) in [5, 5.41) is 8.97. The van der Waals surface area contributed by atoms with Crippen molar-refractivity contribution in [3.05, 3.63) is 28.8 Å². The number of unbranched alkanes of at least 4 members (excludes halogenated alkanes) is 2. The highest BCUT2D eigenvalue weighted by Gasteiger charge is 2.08. The molecule has 18 heavy (non-hydrogen) atoms. The van der Waals surface area contributed by atoms with Crippen LogP contribution in [0.4, 0.5) is 0 Å². The highest BCUT2D eigenvalue weighted by Crippen LogP contribution is 2.22. The number of aromatic carboxylic acids is 1. The van der Waals surface area contributed by atoms with Crippen LogP contribution in [0, 0.1) is 11.8 Å². The van der Waals surface area contributed by atoms with E-state index in [0.29, 0.717) is 5.75 Å². The zero-order chi connectivity index (χ0) is 13.4. The number of rotatable bonds is 5. The molecule has 96 valence electrons. The van der Waals surface area contributed by atoms with Gasteiger partial charge < -0.3 is 9.84 Å². The Morgan fingerprint density at radius 2 is 2.22 bits per heavy atom. The van der Waals surface area contributed by atoms with Crippen LogP contribution < -0.4 is 4.74 Å². The van der Waals surface area contributed by atoms with E-state index in [9.17, 15) is 4.79 Å². The zero-order valence-electron chi connectivity index (χ0n) is 10.2. The predicted octanol–water partition coefficient (Wildman–Crippen LogP) is 3.61. The first-order valence-corrected chi connectivity index (χ1v) is 6.14. The highest BCUT2D eigenvalue weighted by atomic mass is 35.5. The van der Waals surface area contributed by atoms with Gasteiger partial charge in [0.2, 0.25) is 0 Å². The van der Waals surface area contributed by atoms with Crippen molar-refractivity contribution in [1.29, 1.82) is 0 Å². The van der Waals surface area contributed by atoms with Crippen LogP contribution in [0.2, 0.25) is 5.02 Å². The molecule has 0 unspecified atom stereocenters. The molecule has 1 N–H and O–H groups in total. The van der Waals surface area contributed by atoms with Gasteiger partial charge in [0, 0.05) is 6.42 Å². The van der Waals surface area contributed by atoms with Crippen molar-refractivity contribution in [1.82, 2.24) is 0 Å². The fourth-order valence-corrected chi connectivity index (χ4v) is 1.53. The van der Waals surface area contributed by atoms with Crippen LogP contribution in [0.5, 0.6) is 5.75 Å². The number of carbonyl (C=O) groups is 1. The van der Waals surface area contributed by atoms with Crippen LogP contribution in [-0.4, -0.2) is 17.7 Å². The predicted molar refractivity (Wildman–Crippen MR) is 71.2 cm³/mol. The van der Waals surface area contributed by atoms with E-state index in [-0.39, 0.29) is 17.2 Å². The summed E-state index contributed by atoms with van der Waals surface area (Å²) < 4.78 is 5.35. The molecule has 0 heterocycles. The lowest BCUT2D eigenvalue weighted by Gasteiger charge is -2.04. The quantitative estimate of drug-likeness (QED) is 0.654. The van der Waals surface area contributed by atoms with Gasteiger partial charge >= 0.3 is 5.97 Å². The van der Waals surface area contributed by atoms with E-state index >= 15 is 0 Å². The van der Waals surface area contributed by atoms with Crippen LogP contribution in [-0.2, 0) is 0 Å². The molecular formula is C14H15ClO3. The number of ether oxygens (including phenoxy) is 1. The molecule has 0 aliphatic heterocycles. The second kappa shape index (κ2) is 7.62. The molecule has 4 heteroatoms. The molecule has 0 saturated carbocycles. The van der Waals surface area contributed by atoms with Gasteiger partial charge in [0.1, 0.15) is 12.4 Å². The summed E-state index contributed by atoms with van der Waals surface area (Å²) >= 11 is 5.81.